The molecule has 0 N–H and O–H groups in total. The molecule has 5 aromatic rings. The molecule has 4 aromatic carbocycles. The molecule has 0 saturated carbocycles. The standard InChI is InChI=1S/C35H34FNO5S/c1-24-16-18-28(19-17-24)43(38,39)37-20-29(32-30(36)14-9-15-31(32)37)34-35(42-23-27-12-7-4-8-13-27)33(25(2)21-40-34)41-22-26-10-5-3-6-11-26/h3-20,25,33-35H,21-23H2,1-2H3/t25-,33+,34+,35-/m1/s1. The Kier molecular flexibility index (Phi) is 8.45. The summed E-state index contributed by atoms with van der Waals surface area (Å²) in [7, 11) is -4.04. The van der Waals surface area contributed by atoms with Crippen LogP contribution in [0, 0.1) is 18.7 Å². The quantitative estimate of drug-likeness (QED) is 0.179. The fourth-order valence-corrected chi connectivity index (χ4v) is 7.03. The summed E-state index contributed by atoms with van der Waals surface area (Å²) in [6.07, 6.45) is -0.346. The van der Waals surface area contributed by atoms with Crippen LogP contribution in [0.25, 0.3) is 10.9 Å². The van der Waals surface area contributed by atoms with Gasteiger partial charge in [-0.2, -0.15) is 0 Å². The lowest BCUT2D eigenvalue weighted by Crippen LogP contribution is -2.47. The van der Waals surface area contributed by atoms with Crippen LogP contribution in [0.2, 0.25) is 0 Å². The van der Waals surface area contributed by atoms with Gasteiger partial charge in [0.15, 0.2) is 0 Å². The van der Waals surface area contributed by atoms with Crippen LogP contribution < -0.4 is 0 Å². The van der Waals surface area contributed by atoms with Gasteiger partial charge in [0, 0.05) is 23.1 Å². The van der Waals surface area contributed by atoms with E-state index in [0.717, 1.165) is 20.7 Å². The summed E-state index contributed by atoms with van der Waals surface area (Å²) in [5.74, 6) is -0.564. The van der Waals surface area contributed by atoms with Gasteiger partial charge in [-0.15, -0.1) is 0 Å². The third kappa shape index (κ3) is 6.01. The number of aryl methyl sites for hydroxylation is 1. The number of halogens is 1. The SMILES string of the molecule is Cc1ccc(S(=O)(=O)n2cc([C@@H]3OC[C@@H](C)[C@H](OCc4ccccc4)[C@H]3OCc3ccccc3)c3c(F)cccc32)cc1. The van der Waals surface area contributed by atoms with E-state index in [9.17, 15) is 8.42 Å². The molecular formula is C35H34FNO5S. The summed E-state index contributed by atoms with van der Waals surface area (Å²) >= 11 is 0. The van der Waals surface area contributed by atoms with Gasteiger partial charge in [0.2, 0.25) is 0 Å². The maximum atomic E-state index is 15.6. The lowest BCUT2D eigenvalue weighted by Gasteiger charge is -2.41. The van der Waals surface area contributed by atoms with E-state index >= 15 is 4.39 Å². The molecule has 0 unspecified atom stereocenters. The van der Waals surface area contributed by atoms with E-state index in [2.05, 4.69) is 0 Å². The summed E-state index contributed by atoms with van der Waals surface area (Å²) in [5, 5.41) is 0.188. The third-order valence-corrected chi connectivity index (χ3v) is 9.64. The van der Waals surface area contributed by atoms with Crippen molar-refractivity contribution in [3.8, 4) is 0 Å². The second-order valence-corrected chi connectivity index (χ2v) is 12.9. The van der Waals surface area contributed by atoms with Crippen molar-refractivity contribution < 1.29 is 27.0 Å². The van der Waals surface area contributed by atoms with Crippen LogP contribution in [0.5, 0.6) is 0 Å². The number of hydrogen-bond donors (Lipinski definition) is 0. The van der Waals surface area contributed by atoms with Crippen molar-refractivity contribution in [3.05, 3.63) is 137 Å². The Morgan fingerprint density at radius 2 is 1.42 bits per heavy atom. The van der Waals surface area contributed by atoms with Crippen LogP contribution in [0.4, 0.5) is 4.39 Å². The number of hydrogen-bond acceptors (Lipinski definition) is 5. The summed E-state index contributed by atoms with van der Waals surface area (Å²) < 4.78 is 64.0. The van der Waals surface area contributed by atoms with Crippen molar-refractivity contribution in [2.75, 3.05) is 6.61 Å². The topological polar surface area (TPSA) is 66.8 Å². The maximum Gasteiger partial charge on any atom is 0.268 e. The smallest absolute Gasteiger partial charge is 0.268 e. The first-order valence-electron chi connectivity index (χ1n) is 14.4. The van der Waals surface area contributed by atoms with Crippen LogP contribution in [0.15, 0.2) is 114 Å². The first-order chi connectivity index (χ1) is 20.8. The van der Waals surface area contributed by atoms with Gasteiger partial charge in [0.25, 0.3) is 10.0 Å². The summed E-state index contributed by atoms with van der Waals surface area (Å²) in [4.78, 5) is 0.116. The van der Waals surface area contributed by atoms with Crippen LogP contribution in [-0.2, 0) is 37.4 Å². The molecule has 1 aliphatic heterocycles. The van der Waals surface area contributed by atoms with Gasteiger partial charge in [-0.1, -0.05) is 91.3 Å². The molecule has 43 heavy (non-hydrogen) atoms. The highest BCUT2D eigenvalue weighted by atomic mass is 32.2. The summed E-state index contributed by atoms with van der Waals surface area (Å²) in [6, 6.07) is 30.7. The van der Waals surface area contributed by atoms with Gasteiger partial charge in [-0.05, 0) is 42.3 Å². The lowest BCUT2D eigenvalue weighted by atomic mass is 9.89. The van der Waals surface area contributed by atoms with Crippen LogP contribution in [-0.4, -0.2) is 31.2 Å². The molecule has 0 amide bonds. The number of nitrogens with zero attached hydrogens (tertiary/aromatic N) is 1. The number of fused-ring (bicyclic) bond motifs is 1. The highest BCUT2D eigenvalue weighted by molar-refractivity contribution is 7.90. The minimum atomic E-state index is -4.04. The molecule has 0 spiro atoms. The molecule has 0 radical (unpaired) electrons. The maximum absolute atomic E-state index is 15.6. The number of aromatic nitrogens is 1. The molecule has 1 aromatic heterocycles. The molecule has 0 bridgehead atoms. The Hall–Kier alpha value is -3.82. The van der Waals surface area contributed by atoms with Gasteiger partial charge in [0.1, 0.15) is 18.0 Å². The molecule has 6 rings (SSSR count). The molecule has 6 nitrogen and oxygen atoms in total. The molecule has 0 aliphatic carbocycles. The van der Waals surface area contributed by atoms with Crippen molar-refractivity contribution >= 4 is 20.9 Å². The zero-order valence-corrected chi connectivity index (χ0v) is 24.9. The second-order valence-electron chi connectivity index (χ2n) is 11.1. The molecule has 2 heterocycles. The predicted molar refractivity (Wildman–Crippen MR) is 164 cm³/mol. The molecular weight excluding hydrogens is 565 g/mol. The molecule has 222 valence electrons. The number of ether oxygens (including phenoxy) is 3. The van der Waals surface area contributed by atoms with E-state index < -0.39 is 34.2 Å². The number of benzene rings is 4. The fourth-order valence-electron chi connectivity index (χ4n) is 5.66. The summed E-state index contributed by atoms with van der Waals surface area (Å²) in [6.45, 7) is 4.91. The zero-order valence-electron chi connectivity index (χ0n) is 24.1. The Balaban J connectivity index is 1.43. The van der Waals surface area contributed by atoms with Crippen molar-refractivity contribution in [1.82, 2.24) is 3.97 Å². The normalized spacial score (nSPS) is 20.8. The zero-order chi connectivity index (χ0) is 30.0. The van der Waals surface area contributed by atoms with Crippen molar-refractivity contribution in [2.24, 2.45) is 5.92 Å². The predicted octanol–water partition coefficient (Wildman–Crippen LogP) is 7.20. The van der Waals surface area contributed by atoms with E-state index in [0.29, 0.717) is 18.8 Å². The summed E-state index contributed by atoms with van der Waals surface area (Å²) in [5.41, 5.74) is 3.57. The first kappa shape index (κ1) is 29.3. The number of rotatable bonds is 9. The van der Waals surface area contributed by atoms with Crippen molar-refractivity contribution in [1.29, 1.82) is 0 Å². The van der Waals surface area contributed by atoms with Crippen LogP contribution >= 0.6 is 0 Å². The minimum Gasteiger partial charge on any atom is -0.370 e. The second kappa shape index (κ2) is 12.4. The van der Waals surface area contributed by atoms with E-state index in [1.165, 1.54) is 18.3 Å². The minimum absolute atomic E-state index is 0.0322. The van der Waals surface area contributed by atoms with Crippen molar-refractivity contribution in [2.45, 2.75) is 50.3 Å². The molecule has 1 aliphatic rings. The van der Waals surface area contributed by atoms with E-state index in [1.807, 2.05) is 74.5 Å². The Labute approximate surface area is 251 Å². The largest absolute Gasteiger partial charge is 0.370 e. The molecule has 1 fully saturated rings. The monoisotopic (exact) mass is 599 g/mol. The van der Waals surface area contributed by atoms with E-state index in [-0.39, 0.29) is 28.3 Å². The van der Waals surface area contributed by atoms with Gasteiger partial charge in [-0.3, -0.25) is 0 Å². The van der Waals surface area contributed by atoms with Crippen LogP contribution in [0.3, 0.4) is 0 Å². The van der Waals surface area contributed by atoms with Gasteiger partial charge in [0.05, 0.1) is 36.3 Å². The van der Waals surface area contributed by atoms with Gasteiger partial charge in [-0.25, -0.2) is 16.8 Å². The third-order valence-electron chi connectivity index (χ3n) is 7.95. The molecule has 4 atom stereocenters. The van der Waals surface area contributed by atoms with Crippen molar-refractivity contribution in [3.63, 3.8) is 0 Å². The average molecular weight is 600 g/mol. The highest BCUT2D eigenvalue weighted by Crippen LogP contribution is 2.41. The lowest BCUT2D eigenvalue weighted by molar-refractivity contribution is -0.207. The Morgan fingerprint density at radius 3 is 2.05 bits per heavy atom. The first-order valence-corrected chi connectivity index (χ1v) is 15.8. The highest BCUT2D eigenvalue weighted by Gasteiger charge is 2.43. The van der Waals surface area contributed by atoms with E-state index in [4.69, 9.17) is 14.2 Å². The fraction of sp³-hybridized carbons (Fsp3) is 0.257. The van der Waals surface area contributed by atoms with Gasteiger partial charge >= 0.3 is 0 Å². The Bertz CT molecular complexity index is 1790. The Morgan fingerprint density at radius 1 is 0.814 bits per heavy atom. The molecule has 8 heteroatoms. The average Bonchev–Trinajstić information content (AvgIpc) is 3.42. The molecule has 1 saturated heterocycles. The van der Waals surface area contributed by atoms with E-state index in [1.54, 1.807) is 30.3 Å². The van der Waals surface area contributed by atoms with Crippen LogP contribution in [0.1, 0.15) is 35.3 Å². The van der Waals surface area contributed by atoms with Gasteiger partial charge < -0.3 is 14.2 Å².